The quantitative estimate of drug-likeness (QED) is 0.633. The maximum absolute atomic E-state index is 5.85. The van der Waals surface area contributed by atoms with Crippen LogP contribution >= 0.6 is 11.6 Å². The minimum atomic E-state index is -0.00448. The number of benzene rings is 1. The Morgan fingerprint density at radius 3 is 2.65 bits per heavy atom. The fourth-order valence-corrected chi connectivity index (χ4v) is 1.78. The zero-order valence-corrected chi connectivity index (χ0v) is 10.2. The summed E-state index contributed by atoms with van der Waals surface area (Å²) in [6, 6.07) is 7.58. The van der Waals surface area contributed by atoms with Crippen LogP contribution in [-0.2, 0) is 13.5 Å². The number of nitrogens with one attached hydrogen (secondary N) is 1. The van der Waals surface area contributed by atoms with E-state index in [0.29, 0.717) is 11.4 Å². The van der Waals surface area contributed by atoms with Crippen LogP contribution < -0.4 is 11.3 Å². The smallest absolute Gasteiger partial charge is 0.138 e. The zero-order valence-electron chi connectivity index (χ0n) is 9.47. The van der Waals surface area contributed by atoms with E-state index in [1.54, 1.807) is 4.68 Å². The number of nitrogens with two attached hydrogens (primary N) is 1. The Kier molecular flexibility index (Phi) is 3.73. The number of halogens is 1. The van der Waals surface area contributed by atoms with Crippen molar-refractivity contribution in [1.82, 2.24) is 20.2 Å². The van der Waals surface area contributed by atoms with E-state index >= 15 is 0 Å². The minimum absolute atomic E-state index is 0.00448. The van der Waals surface area contributed by atoms with Gasteiger partial charge in [-0.15, -0.1) is 0 Å². The summed E-state index contributed by atoms with van der Waals surface area (Å²) in [5.74, 6) is 6.45. The molecule has 0 radical (unpaired) electrons. The van der Waals surface area contributed by atoms with Gasteiger partial charge in [0.2, 0.25) is 0 Å². The minimum Gasteiger partial charge on any atom is -0.271 e. The van der Waals surface area contributed by atoms with Gasteiger partial charge in [0.1, 0.15) is 12.2 Å². The van der Waals surface area contributed by atoms with Gasteiger partial charge in [0, 0.05) is 18.5 Å². The first-order chi connectivity index (χ1) is 8.20. The second kappa shape index (κ2) is 5.27. The average Bonchev–Trinajstić information content (AvgIpc) is 2.73. The Morgan fingerprint density at radius 1 is 1.41 bits per heavy atom. The molecule has 0 fully saturated rings. The normalized spacial score (nSPS) is 12.6. The van der Waals surface area contributed by atoms with Gasteiger partial charge >= 0.3 is 0 Å². The number of hydrogen-bond acceptors (Lipinski definition) is 4. The van der Waals surface area contributed by atoms with E-state index in [2.05, 4.69) is 15.5 Å². The Bertz CT molecular complexity index is 479. The standard InChI is InChI=1S/C11H14ClN5/c1-17-11(14-7-15-17)6-10(16-13)8-2-4-9(12)5-3-8/h2-5,7,10,16H,6,13H2,1H3. The van der Waals surface area contributed by atoms with Gasteiger partial charge < -0.3 is 0 Å². The number of hydrogen-bond donors (Lipinski definition) is 2. The molecule has 0 saturated carbocycles. The van der Waals surface area contributed by atoms with Crippen LogP contribution in [0, 0.1) is 0 Å². The third-order valence-corrected chi connectivity index (χ3v) is 2.92. The molecule has 0 bridgehead atoms. The zero-order chi connectivity index (χ0) is 12.3. The van der Waals surface area contributed by atoms with Crippen LogP contribution in [-0.4, -0.2) is 14.8 Å². The molecule has 0 saturated heterocycles. The Labute approximate surface area is 105 Å². The topological polar surface area (TPSA) is 68.8 Å². The van der Waals surface area contributed by atoms with Crippen molar-refractivity contribution in [3.8, 4) is 0 Å². The molecule has 0 aliphatic carbocycles. The van der Waals surface area contributed by atoms with Crippen LogP contribution in [0.3, 0.4) is 0 Å². The summed E-state index contributed by atoms with van der Waals surface area (Å²) in [5, 5.41) is 4.74. The molecule has 0 spiro atoms. The summed E-state index contributed by atoms with van der Waals surface area (Å²) in [5.41, 5.74) is 3.85. The summed E-state index contributed by atoms with van der Waals surface area (Å²) in [7, 11) is 1.86. The average molecular weight is 252 g/mol. The predicted molar refractivity (Wildman–Crippen MR) is 66.2 cm³/mol. The summed E-state index contributed by atoms with van der Waals surface area (Å²) in [4.78, 5) is 4.18. The molecular weight excluding hydrogens is 238 g/mol. The number of rotatable bonds is 4. The first-order valence-corrected chi connectivity index (χ1v) is 5.63. The van der Waals surface area contributed by atoms with Crippen molar-refractivity contribution < 1.29 is 0 Å². The lowest BCUT2D eigenvalue weighted by molar-refractivity contribution is 0.523. The maximum atomic E-state index is 5.85. The van der Waals surface area contributed by atoms with Crippen LogP contribution in [0.2, 0.25) is 5.02 Å². The third kappa shape index (κ3) is 2.82. The molecule has 1 heterocycles. The molecule has 2 rings (SSSR count). The molecule has 1 aromatic heterocycles. The highest BCUT2D eigenvalue weighted by atomic mass is 35.5. The SMILES string of the molecule is Cn1ncnc1CC(NN)c1ccc(Cl)cc1. The van der Waals surface area contributed by atoms with Crippen LogP contribution in [0.15, 0.2) is 30.6 Å². The second-order valence-corrected chi connectivity index (χ2v) is 4.21. The predicted octanol–water partition coefficient (Wildman–Crippen LogP) is 1.22. The van der Waals surface area contributed by atoms with Crippen molar-refractivity contribution in [2.24, 2.45) is 12.9 Å². The summed E-state index contributed by atoms with van der Waals surface area (Å²) in [6.45, 7) is 0. The summed E-state index contributed by atoms with van der Waals surface area (Å²) in [6.07, 6.45) is 2.21. The molecule has 17 heavy (non-hydrogen) atoms. The molecule has 3 N–H and O–H groups in total. The monoisotopic (exact) mass is 251 g/mol. The van der Waals surface area contributed by atoms with Crippen molar-refractivity contribution >= 4 is 11.6 Å². The van der Waals surface area contributed by atoms with E-state index < -0.39 is 0 Å². The van der Waals surface area contributed by atoms with Gasteiger partial charge in [-0.1, -0.05) is 23.7 Å². The van der Waals surface area contributed by atoms with Crippen LogP contribution in [0.4, 0.5) is 0 Å². The van der Waals surface area contributed by atoms with Crippen LogP contribution in [0.5, 0.6) is 0 Å². The Balaban J connectivity index is 2.17. The van der Waals surface area contributed by atoms with Crippen molar-refractivity contribution in [3.05, 3.63) is 47.0 Å². The van der Waals surface area contributed by atoms with E-state index in [9.17, 15) is 0 Å². The molecular formula is C11H14ClN5. The molecule has 1 aromatic carbocycles. The van der Waals surface area contributed by atoms with Gasteiger partial charge in [-0.05, 0) is 17.7 Å². The fourth-order valence-electron chi connectivity index (χ4n) is 1.66. The molecule has 0 aliphatic rings. The van der Waals surface area contributed by atoms with Crippen molar-refractivity contribution in [3.63, 3.8) is 0 Å². The first kappa shape index (κ1) is 12.0. The van der Waals surface area contributed by atoms with E-state index in [1.165, 1.54) is 6.33 Å². The highest BCUT2D eigenvalue weighted by Gasteiger charge is 2.13. The lowest BCUT2D eigenvalue weighted by Gasteiger charge is -2.15. The van der Waals surface area contributed by atoms with Gasteiger partial charge in [-0.3, -0.25) is 16.0 Å². The highest BCUT2D eigenvalue weighted by Crippen LogP contribution is 2.18. The highest BCUT2D eigenvalue weighted by molar-refractivity contribution is 6.30. The molecule has 6 heteroatoms. The number of nitrogens with zero attached hydrogens (tertiary/aromatic N) is 3. The van der Waals surface area contributed by atoms with Crippen molar-refractivity contribution in [2.75, 3.05) is 0 Å². The van der Waals surface area contributed by atoms with Crippen molar-refractivity contribution in [2.45, 2.75) is 12.5 Å². The molecule has 0 amide bonds. The fraction of sp³-hybridized carbons (Fsp3) is 0.273. The first-order valence-electron chi connectivity index (χ1n) is 5.25. The third-order valence-electron chi connectivity index (χ3n) is 2.67. The number of aryl methyl sites for hydroxylation is 1. The van der Waals surface area contributed by atoms with Crippen molar-refractivity contribution in [1.29, 1.82) is 0 Å². The maximum Gasteiger partial charge on any atom is 0.138 e. The Hall–Kier alpha value is -1.43. The second-order valence-electron chi connectivity index (χ2n) is 3.77. The Morgan fingerprint density at radius 2 is 2.12 bits per heavy atom. The van der Waals surface area contributed by atoms with Gasteiger partial charge in [0.25, 0.3) is 0 Å². The molecule has 0 aliphatic heterocycles. The number of aromatic nitrogens is 3. The number of hydrazine groups is 1. The van der Waals surface area contributed by atoms with Gasteiger partial charge in [-0.25, -0.2) is 4.98 Å². The lowest BCUT2D eigenvalue weighted by Crippen LogP contribution is -2.30. The van der Waals surface area contributed by atoms with E-state index in [1.807, 2.05) is 31.3 Å². The molecule has 2 aromatic rings. The van der Waals surface area contributed by atoms with Gasteiger partial charge in [-0.2, -0.15) is 5.10 Å². The van der Waals surface area contributed by atoms with E-state index in [0.717, 1.165) is 11.4 Å². The summed E-state index contributed by atoms with van der Waals surface area (Å²) >= 11 is 5.85. The summed E-state index contributed by atoms with van der Waals surface area (Å²) < 4.78 is 1.74. The molecule has 90 valence electrons. The molecule has 5 nitrogen and oxygen atoms in total. The molecule has 1 unspecified atom stereocenters. The van der Waals surface area contributed by atoms with Crippen LogP contribution in [0.1, 0.15) is 17.4 Å². The largest absolute Gasteiger partial charge is 0.271 e. The van der Waals surface area contributed by atoms with Crippen LogP contribution in [0.25, 0.3) is 0 Å². The molecule has 1 atom stereocenters. The lowest BCUT2D eigenvalue weighted by atomic mass is 10.0. The van der Waals surface area contributed by atoms with E-state index in [4.69, 9.17) is 17.4 Å². The van der Waals surface area contributed by atoms with E-state index in [-0.39, 0.29) is 6.04 Å². The van der Waals surface area contributed by atoms with Gasteiger partial charge in [0.15, 0.2) is 0 Å². The van der Waals surface area contributed by atoms with Gasteiger partial charge in [0.05, 0.1) is 6.04 Å².